The molecule has 2 fully saturated rings. The number of likely N-dealkylation sites (tertiary alicyclic amines) is 1. The normalized spacial score (nSPS) is 22.5. The lowest BCUT2D eigenvalue weighted by molar-refractivity contribution is -0.0664. The zero-order valence-electron chi connectivity index (χ0n) is 22.1. The second kappa shape index (κ2) is 9.48. The summed E-state index contributed by atoms with van der Waals surface area (Å²) in [6, 6.07) is 6.58. The van der Waals surface area contributed by atoms with E-state index in [2.05, 4.69) is 45.9 Å². The molecule has 0 radical (unpaired) electrons. The van der Waals surface area contributed by atoms with Gasteiger partial charge in [0.1, 0.15) is 6.33 Å². The topological polar surface area (TPSA) is 80.5 Å². The van der Waals surface area contributed by atoms with E-state index in [1.165, 1.54) is 6.33 Å². The standard InChI is InChI=1S/C28H34F2N6O2/c1-17(2)21-14-24-23(13-22(21)18-12-25(38-3)26-31-16-32-35(26)15-18)33-27(37)36(24)20-6-4-19(5-7-20)34-10-8-28(29,30)9-11-34/h12-17,19-20H,4-11H2,1-3H3,(H,33,37). The van der Waals surface area contributed by atoms with Crippen LogP contribution in [0, 0.1) is 0 Å². The van der Waals surface area contributed by atoms with Crippen molar-refractivity contribution in [1.82, 2.24) is 29.0 Å². The Morgan fingerprint density at radius 1 is 1.08 bits per heavy atom. The zero-order valence-corrected chi connectivity index (χ0v) is 22.1. The van der Waals surface area contributed by atoms with E-state index in [4.69, 9.17) is 4.74 Å². The summed E-state index contributed by atoms with van der Waals surface area (Å²) in [6.45, 7) is 5.22. The molecule has 10 heteroatoms. The number of piperidine rings is 1. The first-order valence-corrected chi connectivity index (χ1v) is 13.5. The van der Waals surface area contributed by atoms with Crippen molar-refractivity contribution in [2.75, 3.05) is 20.2 Å². The summed E-state index contributed by atoms with van der Waals surface area (Å²) in [7, 11) is 1.62. The van der Waals surface area contributed by atoms with E-state index in [-0.39, 0.29) is 30.5 Å². The summed E-state index contributed by atoms with van der Waals surface area (Å²) in [5, 5.41) is 4.30. The van der Waals surface area contributed by atoms with Crippen LogP contribution in [0.15, 0.2) is 35.5 Å². The van der Waals surface area contributed by atoms with Crippen LogP contribution in [0.4, 0.5) is 8.78 Å². The number of nitrogens with one attached hydrogen (secondary N) is 1. The average molecular weight is 525 g/mol. The minimum atomic E-state index is -2.52. The van der Waals surface area contributed by atoms with Crippen LogP contribution in [-0.2, 0) is 0 Å². The molecule has 38 heavy (non-hydrogen) atoms. The van der Waals surface area contributed by atoms with Crippen LogP contribution in [0.5, 0.6) is 5.75 Å². The maximum absolute atomic E-state index is 13.6. The number of rotatable bonds is 5. The molecular formula is C28H34F2N6O2. The Balaban J connectivity index is 1.32. The van der Waals surface area contributed by atoms with Gasteiger partial charge in [0.05, 0.1) is 18.1 Å². The fraction of sp³-hybridized carbons (Fsp3) is 0.536. The molecule has 1 saturated heterocycles. The molecule has 1 aliphatic heterocycles. The first kappa shape index (κ1) is 25.0. The molecule has 2 aliphatic rings. The Morgan fingerprint density at radius 3 is 2.47 bits per heavy atom. The number of halogens is 2. The third kappa shape index (κ3) is 4.38. The van der Waals surface area contributed by atoms with Gasteiger partial charge < -0.3 is 9.72 Å². The van der Waals surface area contributed by atoms with Gasteiger partial charge >= 0.3 is 5.69 Å². The first-order chi connectivity index (χ1) is 18.2. The molecule has 6 rings (SSSR count). The predicted molar refractivity (Wildman–Crippen MR) is 142 cm³/mol. The fourth-order valence-electron chi connectivity index (χ4n) is 6.37. The van der Waals surface area contributed by atoms with Gasteiger partial charge in [-0.05, 0) is 60.9 Å². The van der Waals surface area contributed by atoms with E-state index in [0.717, 1.165) is 53.4 Å². The predicted octanol–water partition coefficient (Wildman–Crippen LogP) is 5.39. The number of hydrogen-bond donors (Lipinski definition) is 1. The van der Waals surface area contributed by atoms with Crippen LogP contribution < -0.4 is 10.4 Å². The van der Waals surface area contributed by atoms with Gasteiger partial charge in [0.2, 0.25) is 0 Å². The molecule has 1 N–H and O–H groups in total. The third-order valence-electron chi connectivity index (χ3n) is 8.46. The van der Waals surface area contributed by atoms with E-state index < -0.39 is 5.92 Å². The minimum Gasteiger partial charge on any atom is -0.493 e. The summed E-state index contributed by atoms with van der Waals surface area (Å²) >= 11 is 0. The molecule has 0 amide bonds. The lowest BCUT2D eigenvalue weighted by atomic mass is 9.88. The highest BCUT2D eigenvalue weighted by molar-refractivity contribution is 5.85. The minimum absolute atomic E-state index is 0.0507. The van der Waals surface area contributed by atoms with Crippen molar-refractivity contribution >= 4 is 16.7 Å². The van der Waals surface area contributed by atoms with Gasteiger partial charge in [-0.15, -0.1) is 0 Å². The zero-order chi connectivity index (χ0) is 26.6. The van der Waals surface area contributed by atoms with Crippen LogP contribution in [0.25, 0.3) is 27.8 Å². The molecule has 0 unspecified atom stereocenters. The summed E-state index contributed by atoms with van der Waals surface area (Å²) in [4.78, 5) is 22.8. The number of imidazole rings is 1. The van der Waals surface area contributed by atoms with Crippen LogP contribution in [0.2, 0.25) is 0 Å². The molecule has 1 saturated carbocycles. The summed E-state index contributed by atoms with van der Waals surface area (Å²) < 4.78 is 36.4. The Kier molecular flexibility index (Phi) is 6.25. The average Bonchev–Trinajstić information content (AvgIpc) is 3.50. The van der Waals surface area contributed by atoms with Crippen molar-refractivity contribution in [2.45, 2.75) is 76.3 Å². The number of aromatic amines is 1. The van der Waals surface area contributed by atoms with Gasteiger partial charge in [0.25, 0.3) is 5.92 Å². The molecule has 1 aliphatic carbocycles. The number of nitrogens with zero attached hydrogens (tertiary/aromatic N) is 5. The van der Waals surface area contributed by atoms with Crippen molar-refractivity contribution in [1.29, 1.82) is 0 Å². The molecule has 3 aromatic heterocycles. The first-order valence-electron chi connectivity index (χ1n) is 13.5. The van der Waals surface area contributed by atoms with Gasteiger partial charge in [-0.1, -0.05) is 13.8 Å². The van der Waals surface area contributed by atoms with Crippen molar-refractivity contribution in [2.24, 2.45) is 0 Å². The molecular weight excluding hydrogens is 490 g/mol. The highest BCUT2D eigenvalue weighted by atomic mass is 19.3. The SMILES string of the molecule is COc1cc(-c2cc3[nH]c(=O)n(C4CCC(N5CCC(F)(F)CC5)CC4)c3cc2C(C)C)cn2ncnc12. The fourth-order valence-corrected chi connectivity index (χ4v) is 6.37. The highest BCUT2D eigenvalue weighted by Crippen LogP contribution is 2.38. The number of hydrogen-bond acceptors (Lipinski definition) is 5. The highest BCUT2D eigenvalue weighted by Gasteiger charge is 2.37. The summed E-state index contributed by atoms with van der Waals surface area (Å²) in [5.74, 6) is -1.67. The Bertz CT molecular complexity index is 1520. The van der Waals surface area contributed by atoms with Crippen molar-refractivity contribution < 1.29 is 13.5 Å². The van der Waals surface area contributed by atoms with Crippen molar-refractivity contribution in [3.63, 3.8) is 0 Å². The molecule has 0 atom stereocenters. The van der Waals surface area contributed by atoms with Gasteiger partial charge in [-0.3, -0.25) is 9.47 Å². The Morgan fingerprint density at radius 2 is 1.79 bits per heavy atom. The van der Waals surface area contributed by atoms with Gasteiger partial charge in [0, 0.05) is 49.8 Å². The molecule has 4 aromatic rings. The van der Waals surface area contributed by atoms with Crippen LogP contribution >= 0.6 is 0 Å². The number of H-pyrrole nitrogens is 1. The number of pyridine rings is 1. The molecule has 0 spiro atoms. The molecule has 8 nitrogen and oxygen atoms in total. The van der Waals surface area contributed by atoms with Crippen molar-refractivity contribution in [3.8, 4) is 16.9 Å². The number of fused-ring (bicyclic) bond motifs is 2. The Labute approximate surface area is 219 Å². The third-order valence-corrected chi connectivity index (χ3v) is 8.46. The van der Waals surface area contributed by atoms with Gasteiger partial charge in [0.15, 0.2) is 11.4 Å². The molecule has 4 heterocycles. The van der Waals surface area contributed by atoms with E-state index in [1.807, 2.05) is 16.8 Å². The molecule has 1 aromatic carbocycles. The molecule has 202 valence electrons. The Hall–Kier alpha value is -3.27. The smallest absolute Gasteiger partial charge is 0.326 e. The van der Waals surface area contributed by atoms with E-state index in [1.54, 1.807) is 11.6 Å². The van der Waals surface area contributed by atoms with E-state index >= 15 is 0 Å². The quantitative estimate of drug-likeness (QED) is 0.379. The summed E-state index contributed by atoms with van der Waals surface area (Å²) in [5.41, 5.74) is 5.35. The maximum Gasteiger partial charge on any atom is 0.326 e. The lowest BCUT2D eigenvalue weighted by Crippen LogP contribution is -2.46. The number of benzene rings is 1. The lowest BCUT2D eigenvalue weighted by Gasteiger charge is -2.40. The van der Waals surface area contributed by atoms with Crippen LogP contribution in [-0.4, -0.2) is 61.2 Å². The summed E-state index contributed by atoms with van der Waals surface area (Å²) in [6.07, 6.45) is 6.90. The monoisotopic (exact) mass is 524 g/mol. The van der Waals surface area contributed by atoms with Crippen molar-refractivity contribution in [3.05, 3.63) is 46.8 Å². The van der Waals surface area contributed by atoms with Crippen LogP contribution in [0.1, 0.15) is 69.9 Å². The van der Waals surface area contributed by atoms with Gasteiger partial charge in [-0.25, -0.2) is 23.1 Å². The number of aromatic nitrogens is 5. The van der Waals surface area contributed by atoms with Crippen LogP contribution in [0.3, 0.4) is 0 Å². The number of alkyl halides is 2. The molecule has 0 bridgehead atoms. The van der Waals surface area contributed by atoms with E-state index in [0.29, 0.717) is 30.5 Å². The number of ether oxygens (including phenoxy) is 1. The van der Waals surface area contributed by atoms with E-state index in [9.17, 15) is 13.6 Å². The number of methoxy groups -OCH3 is 1. The second-order valence-corrected chi connectivity index (χ2v) is 11.1. The van der Waals surface area contributed by atoms with Gasteiger partial charge in [-0.2, -0.15) is 5.10 Å². The largest absolute Gasteiger partial charge is 0.493 e. The second-order valence-electron chi connectivity index (χ2n) is 11.1. The maximum atomic E-state index is 13.6.